The second kappa shape index (κ2) is 5.47. The van der Waals surface area contributed by atoms with E-state index in [-0.39, 0.29) is 17.6 Å². The minimum Gasteiger partial charge on any atom is -0.444 e. The standard InChI is InChI=1S/C14H28N2O2/c1-10(2)8-11(15)14(6-7-14)9-16-12(17)18-13(3,4)5/h10-11H,6-9,15H2,1-5H3,(H,16,17). The van der Waals surface area contributed by atoms with Crippen molar-refractivity contribution < 1.29 is 9.53 Å². The minimum atomic E-state index is -0.444. The van der Waals surface area contributed by atoms with Crippen molar-refractivity contribution in [1.82, 2.24) is 5.32 Å². The first-order valence-electron chi connectivity index (χ1n) is 6.87. The van der Waals surface area contributed by atoms with Crippen molar-refractivity contribution in [1.29, 1.82) is 0 Å². The van der Waals surface area contributed by atoms with Crippen molar-refractivity contribution in [2.75, 3.05) is 6.54 Å². The van der Waals surface area contributed by atoms with E-state index in [4.69, 9.17) is 10.5 Å². The highest BCUT2D eigenvalue weighted by molar-refractivity contribution is 5.67. The molecule has 1 fully saturated rings. The van der Waals surface area contributed by atoms with Gasteiger partial charge in [0.2, 0.25) is 0 Å². The molecule has 3 N–H and O–H groups in total. The Morgan fingerprint density at radius 2 is 1.94 bits per heavy atom. The lowest BCUT2D eigenvalue weighted by Gasteiger charge is -2.26. The van der Waals surface area contributed by atoms with Gasteiger partial charge in [0.25, 0.3) is 0 Å². The monoisotopic (exact) mass is 256 g/mol. The van der Waals surface area contributed by atoms with E-state index in [9.17, 15) is 4.79 Å². The molecule has 0 aliphatic heterocycles. The summed E-state index contributed by atoms with van der Waals surface area (Å²) >= 11 is 0. The highest BCUT2D eigenvalue weighted by Crippen LogP contribution is 2.48. The maximum Gasteiger partial charge on any atom is 0.407 e. The van der Waals surface area contributed by atoms with Crippen LogP contribution in [0.1, 0.15) is 53.9 Å². The predicted molar refractivity (Wildman–Crippen MR) is 73.3 cm³/mol. The third-order valence-corrected chi connectivity index (χ3v) is 3.39. The summed E-state index contributed by atoms with van der Waals surface area (Å²) in [7, 11) is 0. The van der Waals surface area contributed by atoms with E-state index in [1.807, 2.05) is 20.8 Å². The first-order chi connectivity index (χ1) is 8.15. The molecule has 0 heterocycles. The van der Waals surface area contributed by atoms with Gasteiger partial charge in [-0.05, 0) is 46.0 Å². The van der Waals surface area contributed by atoms with Crippen molar-refractivity contribution in [2.45, 2.75) is 65.5 Å². The summed E-state index contributed by atoms with van der Waals surface area (Å²) in [4.78, 5) is 11.6. The van der Waals surface area contributed by atoms with Crippen molar-refractivity contribution in [2.24, 2.45) is 17.1 Å². The Kier molecular flexibility index (Phi) is 4.65. The van der Waals surface area contributed by atoms with E-state index in [1.165, 1.54) is 0 Å². The number of hydrogen-bond donors (Lipinski definition) is 2. The second-order valence-corrected chi connectivity index (χ2v) is 6.95. The highest BCUT2D eigenvalue weighted by atomic mass is 16.6. The Morgan fingerprint density at radius 1 is 1.39 bits per heavy atom. The lowest BCUT2D eigenvalue weighted by molar-refractivity contribution is 0.0512. The van der Waals surface area contributed by atoms with E-state index in [1.54, 1.807) is 0 Å². The summed E-state index contributed by atoms with van der Waals surface area (Å²) in [6.07, 6.45) is 2.88. The fourth-order valence-corrected chi connectivity index (χ4v) is 2.16. The van der Waals surface area contributed by atoms with Gasteiger partial charge in [0.15, 0.2) is 0 Å². The van der Waals surface area contributed by atoms with Gasteiger partial charge in [-0.3, -0.25) is 0 Å². The Balaban J connectivity index is 2.36. The molecule has 0 spiro atoms. The van der Waals surface area contributed by atoms with Crippen LogP contribution in [-0.4, -0.2) is 24.3 Å². The van der Waals surface area contributed by atoms with Gasteiger partial charge in [-0.15, -0.1) is 0 Å². The quantitative estimate of drug-likeness (QED) is 0.795. The maximum absolute atomic E-state index is 11.6. The number of carbonyl (C=O) groups excluding carboxylic acids is 1. The number of nitrogens with one attached hydrogen (secondary N) is 1. The summed E-state index contributed by atoms with van der Waals surface area (Å²) in [6, 6.07) is 0.174. The zero-order valence-corrected chi connectivity index (χ0v) is 12.4. The molecule has 0 aromatic carbocycles. The maximum atomic E-state index is 11.6. The Morgan fingerprint density at radius 3 is 2.33 bits per heavy atom. The van der Waals surface area contributed by atoms with Crippen molar-refractivity contribution in [3.05, 3.63) is 0 Å². The van der Waals surface area contributed by atoms with Crippen LogP contribution in [0, 0.1) is 11.3 Å². The van der Waals surface area contributed by atoms with E-state index in [2.05, 4.69) is 19.2 Å². The van der Waals surface area contributed by atoms with E-state index >= 15 is 0 Å². The molecule has 4 heteroatoms. The first-order valence-corrected chi connectivity index (χ1v) is 6.87. The van der Waals surface area contributed by atoms with Crippen molar-refractivity contribution >= 4 is 6.09 Å². The molecule has 1 atom stereocenters. The number of nitrogens with two attached hydrogens (primary N) is 1. The molecule has 1 rings (SSSR count). The lowest BCUT2D eigenvalue weighted by Crippen LogP contribution is -2.43. The molecule has 0 aromatic rings. The van der Waals surface area contributed by atoms with Gasteiger partial charge in [-0.1, -0.05) is 13.8 Å². The summed E-state index contributed by atoms with van der Waals surface area (Å²) in [5, 5.41) is 2.85. The highest BCUT2D eigenvalue weighted by Gasteiger charge is 2.47. The molecule has 1 aliphatic rings. The number of hydrogen-bond acceptors (Lipinski definition) is 3. The van der Waals surface area contributed by atoms with Gasteiger partial charge < -0.3 is 15.8 Å². The van der Waals surface area contributed by atoms with Crippen LogP contribution >= 0.6 is 0 Å². The second-order valence-electron chi connectivity index (χ2n) is 6.95. The third kappa shape index (κ3) is 4.84. The van der Waals surface area contributed by atoms with Crippen LogP contribution in [0.3, 0.4) is 0 Å². The zero-order valence-electron chi connectivity index (χ0n) is 12.4. The number of carbonyl (C=O) groups is 1. The third-order valence-electron chi connectivity index (χ3n) is 3.39. The molecule has 1 amide bonds. The van der Waals surface area contributed by atoms with Crippen LogP contribution in [0.2, 0.25) is 0 Å². The van der Waals surface area contributed by atoms with Crippen LogP contribution < -0.4 is 11.1 Å². The summed E-state index contributed by atoms with van der Waals surface area (Å²) in [6.45, 7) is 10.6. The molecule has 1 aliphatic carbocycles. The molecule has 0 bridgehead atoms. The SMILES string of the molecule is CC(C)CC(N)C1(CNC(=O)OC(C)(C)C)CC1. The van der Waals surface area contributed by atoms with Crippen LogP contribution in [0.5, 0.6) is 0 Å². The number of amides is 1. The molecule has 1 unspecified atom stereocenters. The molecule has 0 radical (unpaired) electrons. The summed E-state index contributed by atoms with van der Waals surface area (Å²) < 4.78 is 5.23. The number of rotatable bonds is 5. The van der Waals surface area contributed by atoms with Crippen LogP contribution in [0.15, 0.2) is 0 Å². The van der Waals surface area contributed by atoms with Crippen LogP contribution in [0.25, 0.3) is 0 Å². The van der Waals surface area contributed by atoms with Gasteiger partial charge in [0, 0.05) is 18.0 Å². The molecule has 106 valence electrons. The number of ether oxygens (including phenoxy) is 1. The Hall–Kier alpha value is -0.770. The molecule has 4 nitrogen and oxygen atoms in total. The van der Waals surface area contributed by atoms with Gasteiger partial charge in [0.05, 0.1) is 0 Å². The number of alkyl carbamates (subject to hydrolysis) is 1. The van der Waals surface area contributed by atoms with Crippen molar-refractivity contribution in [3.63, 3.8) is 0 Å². The van der Waals surface area contributed by atoms with Crippen molar-refractivity contribution in [3.8, 4) is 0 Å². The largest absolute Gasteiger partial charge is 0.444 e. The zero-order chi connectivity index (χ0) is 14.0. The van der Waals surface area contributed by atoms with E-state index in [0.717, 1.165) is 19.3 Å². The molecular formula is C14H28N2O2. The molecular weight excluding hydrogens is 228 g/mol. The molecule has 1 saturated carbocycles. The molecule has 0 saturated heterocycles. The fourth-order valence-electron chi connectivity index (χ4n) is 2.16. The van der Waals surface area contributed by atoms with Crippen LogP contribution in [0.4, 0.5) is 4.79 Å². The molecule has 18 heavy (non-hydrogen) atoms. The minimum absolute atomic E-state index is 0.112. The predicted octanol–water partition coefficient (Wildman–Crippen LogP) is 2.66. The average Bonchev–Trinajstić information content (AvgIpc) is 2.91. The van der Waals surface area contributed by atoms with E-state index in [0.29, 0.717) is 12.5 Å². The smallest absolute Gasteiger partial charge is 0.407 e. The fraction of sp³-hybridized carbons (Fsp3) is 0.929. The van der Waals surface area contributed by atoms with Crippen LogP contribution in [-0.2, 0) is 4.74 Å². The Bertz CT molecular complexity index is 291. The summed E-state index contributed by atoms with van der Waals surface area (Å²) in [5.74, 6) is 0.596. The Labute approximate surface area is 111 Å². The van der Waals surface area contributed by atoms with Gasteiger partial charge >= 0.3 is 6.09 Å². The van der Waals surface area contributed by atoms with E-state index < -0.39 is 5.60 Å². The molecule has 0 aromatic heterocycles. The topological polar surface area (TPSA) is 64.3 Å². The average molecular weight is 256 g/mol. The summed E-state index contributed by atoms with van der Waals surface area (Å²) in [5.41, 5.74) is 5.90. The van der Waals surface area contributed by atoms with Gasteiger partial charge in [-0.25, -0.2) is 4.79 Å². The lowest BCUT2D eigenvalue weighted by atomic mass is 9.90. The van der Waals surface area contributed by atoms with Gasteiger partial charge in [0.1, 0.15) is 5.60 Å². The normalized spacial score (nSPS) is 19.5. The van der Waals surface area contributed by atoms with Gasteiger partial charge in [-0.2, -0.15) is 0 Å². The first kappa shape index (κ1) is 15.3.